The molecule has 33 heavy (non-hydrogen) atoms. The first-order valence-corrected chi connectivity index (χ1v) is 10.5. The van der Waals surface area contributed by atoms with Crippen LogP contribution in [0.2, 0.25) is 0 Å². The molecule has 0 saturated heterocycles. The molecule has 3 aromatic carbocycles. The normalized spacial score (nSPS) is 15.0. The molecule has 0 unspecified atom stereocenters. The number of fused-ring (bicyclic) bond motifs is 1. The van der Waals surface area contributed by atoms with Gasteiger partial charge in [0.2, 0.25) is 5.91 Å². The van der Waals surface area contributed by atoms with Crippen molar-refractivity contribution in [3.05, 3.63) is 107 Å². The number of hydrogen-bond acceptors (Lipinski definition) is 5. The Hall–Kier alpha value is -4.33. The van der Waals surface area contributed by atoms with Crippen LogP contribution in [-0.4, -0.2) is 32.7 Å². The van der Waals surface area contributed by atoms with Crippen molar-refractivity contribution >= 4 is 23.2 Å². The minimum absolute atomic E-state index is 0.0434. The zero-order valence-corrected chi connectivity index (χ0v) is 17.9. The molecule has 1 atom stereocenters. The Balaban J connectivity index is 1.53. The summed E-state index contributed by atoms with van der Waals surface area (Å²) in [6, 6.07) is 23.6. The summed E-state index contributed by atoms with van der Waals surface area (Å²) in [7, 11) is 0. The molecule has 1 N–H and O–H groups in total. The third kappa shape index (κ3) is 4.23. The highest BCUT2D eigenvalue weighted by Crippen LogP contribution is 2.36. The Kier molecular flexibility index (Phi) is 5.40. The van der Waals surface area contributed by atoms with Crippen molar-refractivity contribution in [2.75, 3.05) is 16.8 Å². The fourth-order valence-corrected chi connectivity index (χ4v) is 3.89. The molecular weight excluding hydrogens is 419 g/mol. The van der Waals surface area contributed by atoms with Crippen LogP contribution in [0.3, 0.4) is 0 Å². The van der Waals surface area contributed by atoms with Crippen molar-refractivity contribution in [1.29, 1.82) is 0 Å². The average Bonchev–Trinajstić information content (AvgIpc) is 3.31. The van der Waals surface area contributed by atoms with Crippen LogP contribution in [-0.2, 0) is 4.79 Å². The van der Waals surface area contributed by atoms with Crippen LogP contribution >= 0.6 is 0 Å². The fraction of sp³-hybridized carbons (Fsp3) is 0.120. The molecular formula is C25H21FN6O. The number of allylic oxidation sites excluding steroid dienone is 1. The van der Waals surface area contributed by atoms with E-state index in [1.165, 1.54) is 12.1 Å². The quantitative estimate of drug-likeness (QED) is 0.503. The van der Waals surface area contributed by atoms with Crippen molar-refractivity contribution < 1.29 is 9.18 Å². The number of aryl methyl sites for hydroxylation is 1. The van der Waals surface area contributed by atoms with Gasteiger partial charge < -0.3 is 5.32 Å². The molecule has 1 aliphatic rings. The first-order chi connectivity index (χ1) is 16.1. The molecule has 1 aliphatic heterocycles. The smallest absolute Gasteiger partial charge is 0.251 e. The highest BCUT2D eigenvalue weighted by Gasteiger charge is 2.31. The zero-order chi connectivity index (χ0) is 22.8. The van der Waals surface area contributed by atoms with Gasteiger partial charge in [-0.25, -0.2) is 4.39 Å². The van der Waals surface area contributed by atoms with Crippen LogP contribution in [0, 0.1) is 12.7 Å². The van der Waals surface area contributed by atoms with Crippen LogP contribution in [0.4, 0.5) is 16.0 Å². The predicted molar refractivity (Wildman–Crippen MR) is 124 cm³/mol. The highest BCUT2D eigenvalue weighted by molar-refractivity contribution is 5.97. The second-order valence-corrected chi connectivity index (χ2v) is 7.84. The lowest BCUT2D eigenvalue weighted by molar-refractivity contribution is -0.114. The van der Waals surface area contributed by atoms with E-state index in [-0.39, 0.29) is 18.5 Å². The number of tetrazole rings is 1. The van der Waals surface area contributed by atoms with Crippen LogP contribution < -0.4 is 10.2 Å². The third-order valence-corrected chi connectivity index (χ3v) is 5.49. The van der Waals surface area contributed by atoms with Gasteiger partial charge in [-0.1, -0.05) is 71.3 Å². The number of benzene rings is 3. The molecule has 0 radical (unpaired) electrons. The van der Waals surface area contributed by atoms with E-state index in [0.29, 0.717) is 11.6 Å². The molecule has 1 amide bonds. The predicted octanol–water partition coefficient (Wildman–Crippen LogP) is 4.21. The summed E-state index contributed by atoms with van der Waals surface area (Å²) in [5.74, 6) is -0.275. The third-order valence-electron chi connectivity index (χ3n) is 5.49. The van der Waals surface area contributed by atoms with E-state index in [9.17, 15) is 9.18 Å². The van der Waals surface area contributed by atoms with E-state index in [1.807, 2.05) is 49.4 Å². The summed E-state index contributed by atoms with van der Waals surface area (Å²) < 4.78 is 15.2. The maximum atomic E-state index is 13.5. The second kappa shape index (κ2) is 8.66. The minimum Gasteiger partial charge on any atom is -0.324 e. The Labute approximate surface area is 190 Å². The Morgan fingerprint density at radius 3 is 2.58 bits per heavy atom. The van der Waals surface area contributed by atoms with Crippen molar-refractivity contribution in [3.8, 4) is 0 Å². The summed E-state index contributed by atoms with van der Waals surface area (Å²) in [6.07, 6.45) is 2.05. The molecule has 1 aromatic heterocycles. The molecule has 8 heteroatoms. The lowest BCUT2D eigenvalue weighted by Gasteiger charge is -2.32. The van der Waals surface area contributed by atoms with E-state index >= 15 is 0 Å². The van der Waals surface area contributed by atoms with Crippen molar-refractivity contribution in [1.82, 2.24) is 20.2 Å². The van der Waals surface area contributed by atoms with Crippen LogP contribution in [0.25, 0.3) is 5.70 Å². The fourth-order valence-electron chi connectivity index (χ4n) is 3.89. The molecule has 0 aliphatic carbocycles. The maximum Gasteiger partial charge on any atom is 0.251 e. The maximum absolute atomic E-state index is 13.5. The number of amides is 1. The van der Waals surface area contributed by atoms with Gasteiger partial charge in [-0.05, 0) is 52.8 Å². The van der Waals surface area contributed by atoms with E-state index in [2.05, 4.69) is 39.1 Å². The van der Waals surface area contributed by atoms with E-state index in [4.69, 9.17) is 0 Å². The van der Waals surface area contributed by atoms with Gasteiger partial charge in [-0.2, -0.15) is 4.68 Å². The number of nitrogens with zero attached hydrogens (tertiary/aromatic N) is 5. The number of aromatic nitrogens is 4. The van der Waals surface area contributed by atoms with Crippen molar-refractivity contribution in [2.45, 2.75) is 13.0 Å². The number of carbonyl (C=O) groups is 1. The Morgan fingerprint density at radius 1 is 1.03 bits per heavy atom. The lowest BCUT2D eigenvalue weighted by Crippen LogP contribution is -2.37. The first-order valence-electron chi connectivity index (χ1n) is 10.5. The van der Waals surface area contributed by atoms with Crippen LogP contribution in [0.1, 0.15) is 22.7 Å². The number of carbonyl (C=O) groups excluding carboxylic acids is 1. The first kappa shape index (κ1) is 20.6. The summed E-state index contributed by atoms with van der Waals surface area (Å²) in [5, 5.41) is 15.1. The number of nitrogens with one attached hydrogen (secondary N) is 1. The molecule has 0 bridgehead atoms. The molecule has 0 spiro atoms. The Morgan fingerprint density at radius 2 is 1.82 bits per heavy atom. The molecule has 2 heterocycles. The molecule has 5 rings (SSSR count). The largest absolute Gasteiger partial charge is 0.324 e. The highest BCUT2D eigenvalue weighted by atomic mass is 19.1. The lowest BCUT2D eigenvalue weighted by atomic mass is 10.00. The molecule has 4 aromatic rings. The molecule has 7 nitrogen and oxygen atoms in total. The standard InChI is InChI=1S/C25H21FN6O/c1-17-10-12-19(13-11-17)23-15-22(18-6-3-2-4-7-18)31(25-28-29-30-32(23)25)16-24(33)27-21-9-5-8-20(26)14-21/h2-15,23H,16H2,1H3,(H,27,33)/t23-/m1/s1. The number of halogens is 1. The number of hydrogen-bond donors (Lipinski definition) is 1. The molecule has 0 saturated carbocycles. The second-order valence-electron chi connectivity index (χ2n) is 7.84. The van der Waals surface area contributed by atoms with E-state index in [1.54, 1.807) is 21.7 Å². The average molecular weight is 440 g/mol. The number of anilines is 2. The van der Waals surface area contributed by atoms with Gasteiger partial charge in [0.15, 0.2) is 0 Å². The summed E-state index contributed by atoms with van der Waals surface area (Å²) in [6.45, 7) is 2.00. The summed E-state index contributed by atoms with van der Waals surface area (Å²) in [5.41, 5.74) is 4.33. The van der Waals surface area contributed by atoms with E-state index in [0.717, 1.165) is 22.4 Å². The molecule has 0 fully saturated rings. The van der Waals surface area contributed by atoms with Crippen molar-refractivity contribution in [3.63, 3.8) is 0 Å². The SMILES string of the molecule is Cc1ccc([C@H]2C=C(c3ccccc3)N(CC(=O)Nc3cccc(F)c3)c3nnnn32)cc1. The summed E-state index contributed by atoms with van der Waals surface area (Å²) >= 11 is 0. The zero-order valence-electron chi connectivity index (χ0n) is 17.9. The summed E-state index contributed by atoms with van der Waals surface area (Å²) in [4.78, 5) is 14.7. The Bertz CT molecular complexity index is 1320. The number of rotatable bonds is 5. The van der Waals surface area contributed by atoms with Gasteiger partial charge in [-0.15, -0.1) is 0 Å². The monoisotopic (exact) mass is 440 g/mol. The van der Waals surface area contributed by atoms with Gasteiger partial charge >= 0.3 is 0 Å². The van der Waals surface area contributed by atoms with Crippen LogP contribution in [0.15, 0.2) is 84.9 Å². The van der Waals surface area contributed by atoms with Gasteiger partial charge in [0, 0.05) is 5.69 Å². The molecule has 164 valence electrons. The van der Waals surface area contributed by atoms with Gasteiger partial charge in [0.1, 0.15) is 18.4 Å². The van der Waals surface area contributed by atoms with Gasteiger partial charge in [-0.3, -0.25) is 9.69 Å². The topological polar surface area (TPSA) is 75.9 Å². The van der Waals surface area contributed by atoms with Crippen molar-refractivity contribution in [2.24, 2.45) is 0 Å². The van der Waals surface area contributed by atoms with Gasteiger partial charge in [0.25, 0.3) is 5.95 Å². The van der Waals surface area contributed by atoms with E-state index < -0.39 is 5.82 Å². The van der Waals surface area contributed by atoms with Gasteiger partial charge in [0.05, 0.1) is 5.70 Å². The van der Waals surface area contributed by atoms with Crippen LogP contribution in [0.5, 0.6) is 0 Å². The minimum atomic E-state index is -0.416.